The number of carbonyl (C=O) groups is 2. The second kappa shape index (κ2) is 14.5. The third kappa shape index (κ3) is 8.56. The molecule has 4 rings (SSSR count). The van der Waals surface area contributed by atoms with Crippen LogP contribution in [-0.4, -0.2) is 52.8 Å². The van der Waals surface area contributed by atoms with Crippen LogP contribution in [0.25, 0.3) is 0 Å². The van der Waals surface area contributed by atoms with Gasteiger partial charge in [0.2, 0.25) is 0 Å². The van der Waals surface area contributed by atoms with Crippen molar-refractivity contribution in [3.63, 3.8) is 0 Å². The molecule has 0 aromatic heterocycles. The maximum atomic E-state index is 13.5. The lowest BCUT2D eigenvalue weighted by molar-refractivity contribution is -0.124. The van der Waals surface area contributed by atoms with Gasteiger partial charge in [-0.1, -0.05) is 37.0 Å². The normalized spacial score (nSPS) is 13.9. The average molecular weight is 593 g/mol. The van der Waals surface area contributed by atoms with E-state index in [1.807, 2.05) is 6.92 Å². The van der Waals surface area contributed by atoms with E-state index in [0.29, 0.717) is 22.7 Å². The van der Waals surface area contributed by atoms with E-state index < -0.39 is 22.5 Å². The van der Waals surface area contributed by atoms with Crippen LogP contribution in [0.15, 0.2) is 82.8 Å². The topological polar surface area (TPSA) is 126 Å². The van der Waals surface area contributed by atoms with E-state index in [-0.39, 0.29) is 23.5 Å². The van der Waals surface area contributed by atoms with E-state index in [1.54, 1.807) is 60.7 Å². The van der Waals surface area contributed by atoms with Crippen molar-refractivity contribution in [2.45, 2.75) is 50.0 Å². The van der Waals surface area contributed by atoms with Gasteiger partial charge in [-0.05, 0) is 86.0 Å². The van der Waals surface area contributed by atoms with Crippen LogP contribution >= 0.6 is 0 Å². The van der Waals surface area contributed by atoms with Crippen LogP contribution < -0.4 is 24.5 Å². The highest BCUT2D eigenvalue weighted by Crippen LogP contribution is 2.25. The number of benzene rings is 3. The van der Waals surface area contributed by atoms with E-state index in [1.165, 1.54) is 31.9 Å². The van der Waals surface area contributed by atoms with Gasteiger partial charge in [-0.15, -0.1) is 0 Å². The summed E-state index contributed by atoms with van der Waals surface area (Å²) in [5.74, 6) is 0.298. The number of ether oxygens (including phenoxy) is 2. The van der Waals surface area contributed by atoms with Crippen molar-refractivity contribution in [1.82, 2.24) is 10.7 Å². The van der Waals surface area contributed by atoms with Gasteiger partial charge < -0.3 is 14.8 Å². The summed E-state index contributed by atoms with van der Waals surface area (Å²) >= 11 is 0. The number of sulfonamides is 1. The molecule has 1 aliphatic carbocycles. The molecule has 1 aliphatic rings. The number of nitrogens with one attached hydrogen (secondary N) is 2. The third-order valence-corrected chi connectivity index (χ3v) is 8.67. The standard InChI is InChI=1S/C31H36N4O6S/c1-23-8-12-26(13-9-23)35(42(38,39)29-18-16-27(40-2)17-19-29)21-30(36)34-32-20-24-10-14-28(15-11-24)41-22-31(37)33-25-6-4-3-5-7-25/h8-20,25H,3-7,21-22H2,1-2H3,(H,33,37)(H,34,36). The molecule has 0 heterocycles. The molecular formula is C31H36N4O6S. The summed E-state index contributed by atoms with van der Waals surface area (Å²) in [4.78, 5) is 25.0. The Bertz CT molecular complexity index is 1470. The van der Waals surface area contributed by atoms with Crippen LogP contribution in [0, 0.1) is 6.92 Å². The number of hydrazone groups is 1. The van der Waals surface area contributed by atoms with Gasteiger partial charge in [-0.25, -0.2) is 13.8 Å². The molecule has 3 aromatic rings. The fraction of sp³-hybridized carbons (Fsp3) is 0.323. The van der Waals surface area contributed by atoms with E-state index in [9.17, 15) is 18.0 Å². The van der Waals surface area contributed by atoms with E-state index >= 15 is 0 Å². The first-order valence-electron chi connectivity index (χ1n) is 13.8. The smallest absolute Gasteiger partial charge is 0.264 e. The zero-order valence-corrected chi connectivity index (χ0v) is 24.6. The molecule has 0 aliphatic heterocycles. The maximum Gasteiger partial charge on any atom is 0.264 e. The van der Waals surface area contributed by atoms with Crippen molar-refractivity contribution in [1.29, 1.82) is 0 Å². The highest BCUT2D eigenvalue weighted by atomic mass is 32.2. The number of anilines is 1. The maximum absolute atomic E-state index is 13.5. The van der Waals surface area contributed by atoms with Crippen molar-refractivity contribution in [3.8, 4) is 11.5 Å². The van der Waals surface area contributed by atoms with Crippen LogP contribution in [0.2, 0.25) is 0 Å². The van der Waals surface area contributed by atoms with Gasteiger partial charge in [-0.2, -0.15) is 5.10 Å². The number of aryl methyl sites for hydroxylation is 1. The Morgan fingerprint density at radius 3 is 2.19 bits per heavy atom. The minimum atomic E-state index is -4.07. The lowest BCUT2D eigenvalue weighted by Crippen LogP contribution is -2.39. The molecule has 0 atom stereocenters. The summed E-state index contributed by atoms with van der Waals surface area (Å²) in [5.41, 5.74) is 4.37. The van der Waals surface area contributed by atoms with Crippen molar-refractivity contribution in [2.75, 3.05) is 24.6 Å². The van der Waals surface area contributed by atoms with Gasteiger partial charge in [0.1, 0.15) is 18.0 Å². The number of amides is 2. The predicted molar refractivity (Wildman–Crippen MR) is 161 cm³/mol. The predicted octanol–water partition coefficient (Wildman–Crippen LogP) is 4.18. The molecule has 0 saturated heterocycles. The highest BCUT2D eigenvalue weighted by Gasteiger charge is 2.27. The SMILES string of the molecule is COc1ccc(S(=O)(=O)N(CC(=O)NN=Cc2ccc(OCC(=O)NC3CCCCC3)cc2)c2ccc(C)cc2)cc1. The molecule has 0 radical (unpaired) electrons. The quantitative estimate of drug-likeness (QED) is 0.240. The summed E-state index contributed by atoms with van der Waals surface area (Å²) in [6.45, 7) is 1.35. The zero-order valence-electron chi connectivity index (χ0n) is 23.8. The molecule has 0 unspecified atom stereocenters. The molecule has 42 heavy (non-hydrogen) atoms. The Morgan fingerprint density at radius 1 is 0.905 bits per heavy atom. The van der Waals surface area contributed by atoms with Gasteiger partial charge in [0, 0.05) is 6.04 Å². The fourth-order valence-corrected chi connectivity index (χ4v) is 5.98. The number of hydrogen-bond donors (Lipinski definition) is 2. The minimum absolute atomic E-state index is 0.0222. The summed E-state index contributed by atoms with van der Waals surface area (Å²) in [6.07, 6.45) is 6.97. The molecule has 1 fully saturated rings. The van der Waals surface area contributed by atoms with E-state index in [2.05, 4.69) is 15.8 Å². The molecule has 2 amide bonds. The first-order chi connectivity index (χ1) is 20.2. The molecular weight excluding hydrogens is 556 g/mol. The molecule has 0 spiro atoms. The Balaban J connectivity index is 1.34. The van der Waals surface area contributed by atoms with Crippen LogP contribution in [-0.2, 0) is 19.6 Å². The fourth-order valence-electron chi connectivity index (χ4n) is 4.56. The molecule has 10 nitrogen and oxygen atoms in total. The molecule has 2 N–H and O–H groups in total. The largest absolute Gasteiger partial charge is 0.497 e. The zero-order chi connectivity index (χ0) is 30.0. The lowest BCUT2D eigenvalue weighted by Gasteiger charge is -2.24. The third-order valence-electron chi connectivity index (χ3n) is 6.88. The molecule has 1 saturated carbocycles. The number of hydrogen-bond acceptors (Lipinski definition) is 7. The Kier molecular flexibility index (Phi) is 10.6. The first-order valence-corrected chi connectivity index (χ1v) is 15.3. The van der Waals surface area contributed by atoms with Gasteiger partial charge in [0.15, 0.2) is 6.61 Å². The van der Waals surface area contributed by atoms with Crippen LogP contribution in [0.5, 0.6) is 11.5 Å². The first kappa shape index (κ1) is 30.6. The van der Waals surface area contributed by atoms with Crippen LogP contribution in [0.3, 0.4) is 0 Å². The van der Waals surface area contributed by atoms with Crippen molar-refractivity contribution in [3.05, 3.63) is 83.9 Å². The van der Waals surface area contributed by atoms with Gasteiger partial charge in [0.25, 0.3) is 21.8 Å². The summed E-state index contributed by atoms with van der Waals surface area (Å²) in [6, 6.07) is 19.9. The number of nitrogens with zero attached hydrogens (tertiary/aromatic N) is 2. The van der Waals surface area contributed by atoms with Gasteiger partial charge >= 0.3 is 0 Å². The Morgan fingerprint density at radius 2 is 1.55 bits per heavy atom. The van der Waals surface area contributed by atoms with Crippen LogP contribution in [0.4, 0.5) is 5.69 Å². The summed E-state index contributed by atoms with van der Waals surface area (Å²) in [5, 5.41) is 7.00. The number of rotatable bonds is 12. The second-order valence-electron chi connectivity index (χ2n) is 10.1. The van der Waals surface area contributed by atoms with Gasteiger partial charge in [-0.3, -0.25) is 13.9 Å². The van der Waals surface area contributed by atoms with Crippen molar-refractivity contribution >= 4 is 33.7 Å². The number of carbonyl (C=O) groups excluding carboxylic acids is 2. The summed E-state index contributed by atoms with van der Waals surface area (Å²) in [7, 11) is -2.57. The minimum Gasteiger partial charge on any atom is -0.497 e. The lowest BCUT2D eigenvalue weighted by atomic mass is 9.95. The molecule has 222 valence electrons. The van der Waals surface area contributed by atoms with Crippen LogP contribution in [0.1, 0.15) is 43.2 Å². The van der Waals surface area contributed by atoms with Gasteiger partial charge in [0.05, 0.1) is 23.9 Å². The second-order valence-corrected chi connectivity index (χ2v) is 11.9. The average Bonchev–Trinajstić information content (AvgIpc) is 3.00. The monoisotopic (exact) mass is 592 g/mol. The molecule has 11 heteroatoms. The summed E-state index contributed by atoms with van der Waals surface area (Å²) < 4.78 is 38.8. The molecule has 0 bridgehead atoms. The Labute approximate surface area is 246 Å². The van der Waals surface area contributed by atoms with Crippen molar-refractivity contribution in [2.24, 2.45) is 5.10 Å². The van der Waals surface area contributed by atoms with E-state index in [4.69, 9.17) is 9.47 Å². The molecule has 3 aromatic carbocycles. The van der Waals surface area contributed by atoms with E-state index in [0.717, 1.165) is 35.6 Å². The highest BCUT2D eigenvalue weighted by molar-refractivity contribution is 7.92. The Hall–Kier alpha value is -4.38. The number of methoxy groups -OCH3 is 1. The van der Waals surface area contributed by atoms with Crippen molar-refractivity contribution < 1.29 is 27.5 Å².